The fourth-order valence-corrected chi connectivity index (χ4v) is 10.3. The maximum absolute atomic E-state index is 15.3. The van der Waals surface area contributed by atoms with Crippen molar-refractivity contribution >= 4 is 67.5 Å². The van der Waals surface area contributed by atoms with E-state index in [-0.39, 0.29) is 83.9 Å². The summed E-state index contributed by atoms with van der Waals surface area (Å²) in [5.74, 6) is -3.86. The number of amides is 2. The molecule has 0 N–H and O–H groups in total. The normalized spacial score (nSPS) is 15.4. The number of nitrogens with zero attached hydrogens (tertiary/aromatic N) is 6. The van der Waals surface area contributed by atoms with Crippen molar-refractivity contribution in [1.82, 2.24) is 29.7 Å². The second-order valence-electron chi connectivity index (χ2n) is 19.4. The largest absolute Gasteiger partial charge is 0.534 e. The van der Waals surface area contributed by atoms with Crippen molar-refractivity contribution in [3.05, 3.63) is 159 Å². The van der Waals surface area contributed by atoms with E-state index in [2.05, 4.69) is 26.3 Å². The molecule has 0 saturated carbocycles. The molecule has 4 heterocycles. The van der Waals surface area contributed by atoms with Gasteiger partial charge in [-0.15, -0.1) is 0 Å². The van der Waals surface area contributed by atoms with E-state index in [1.54, 1.807) is 30.9 Å². The minimum atomic E-state index is -6.10. The second-order valence-corrected chi connectivity index (χ2v) is 21.4. The maximum Gasteiger partial charge on any atom is 0.534 e. The Hall–Kier alpha value is -7.65. The zero-order valence-electron chi connectivity index (χ0n) is 44.4. The molecule has 0 radical (unpaired) electrons. The van der Waals surface area contributed by atoms with Crippen LogP contribution in [0.4, 0.5) is 22.0 Å². The van der Waals surface area contributed by atoms with Gasteiger partial charge in [-0.05, 0) is 101 Å². The van der Waals surface area contributed by atoms with Gasteiger partial charge in [0.05, 0.1) is 57.8 Å². The number of carbonyl (C=O) groups is 4. The van der Waals surface area contributed by atoms with E-state index in [1.807, 2.05) is 60.7 Å². The van der Waals surface area contributed by atoms with Crippen molar-refractivity contribution in [2.24, 2.45) is 0 Å². The van der Waals surface area contributed by atoms with Crippen molar-refractivity contribution in [3.8, 4) is 17.1 Å². The highest BCUT2D eigenvalue weighted by Gasteiger charge is 2.49. The average Bonchev–Trinajstić information content (AvgIpc) is 4.17. The summed E-state index contributed by atoms with van der Waals surface area (Å²) in [7, 11) is -6.10. The highest BCUT2D eigenvalue weighted by molar-refractivity contribution is 7.88. The van der Waals surface area contributed by atoms with E-state index in [9.17, 15) is 40.8 Å². The van der Waals surface area contributed by atoms with Crippen LogP contribution in [0.3, 0.4) is 0 Å². The van der Waals surface area contributed by atoms with Crippen LogP contribution in [0.1, 0.15) is 120 Å². The van der Waals surface area contributed by atoms with Gasteiger partial charge < -0.3 is 23.5 Å². The summed E-state index contributed by atoms with van der Waals surface area (Å²) < 4.78 is 107. The predicted molar refractivity (Wildman–Crippen MR) is 293 cm³/mol. The number of hydrogen-bond acceptors (Lipinski definition) is 13. The lowest BCUT2D eigenvalue weighted by Gasteiger charge is -2.18. The molecule has 2 aromatic heterocycles. The highest BCUT2D eigenvalue weighted by Crippen LogP contribution is 2.34. The van der Waals surface area contributed by atoms with E-state index >= 15 is 8.78 Å². The fourth-order valence-electron chi connectivity index (χ4n) is 9.75. The molecule has 5 aromatic carbocycles. The number of fused-ring (bicyclic) bond motifs is 2. The van der Waals surface area contributed by atoms with Gasteiger partial charge in [-0.3, -0.25) is 19.2 Å². The monoisotopic (exact) mass is 1160 g/mol. The van der Waals surface area contributed by atoms with Crippen molar-refractivity contribution in [1.29, 1.82) is 0 Å². The topological polar surface area (TPSA) is 188 Å². The Labute approximate surface area is 469 Å². The van der Waals surface area contributed by atoms with Crippen LogP contribution in [0.15, 0.2) is 109 Å². The molecule has 81 heavy (non-hydrogen) atoms. The molecule has 2 fully saturated rings. The Kier molecular flexibility index (Phi) is 19.6. The summed E-state index contributed by atoms with van der Waals surface area (Å²) in [5.41, 5.74) is -1.40. The first-order valence-corrected chi connectivity index (χ1v) is 28.4. The van der Waals surface area contributed by atoms with Crippen molar-refractivity contribution < 1.29 is 63.2 Å². The molecule has 426 valence electrons. The maximum atomic E-state index is 15.3. The Bertz CT molecular complexity index is 3510. The van der Waals surface area contributed by atoms with Gasteiger partial charge in [0, 0.05) is 73.6 Å². The first-order chi connectivity index (χ1) is 38.8. The molecule has 15 nitrogen and oxygen atoms in total. The number of hydrogen-bond donors (Lipinski definition) is 0. The van der Waals surface area contributed by atoms with Gasteiger partial charge in [0.1, 0.15) is 17.3 Å². The standard InChI is InChI=1S/C32H31ClFN3O3.C27H27F4N3O6S/c1-2-40-30(38)11-7-6-10-27-31(22-12-14-24(33)15-13-22)36-29-19-26(34)25(18-28(29)35-27)32(39)37-17-16-23(20-37)21-8-4-3-5-9-21;1-2-39-24(35)11-7-6-10-21-25(40-41(37,38)27(29,30)31)33-23-15-20(28)19(14-22(23)32-21)26(36)34-13-12-18(16-34)17-8-4-3-5-9-17/h3-5,8-9,12-15,18-19,23H,2,6-7,10-11,16-17,20H2,1H3;3-5,8-9,14-15,18H,2,6-7,10-13,16H2,1H3/t23-;18-/m11/s1. The summed E-state index contributed by atoms with van der Waals surface area (Å²) >= 11 is 6.09. The lowest BCUT2D eigenvalue weighted by Crippen LogP contribution is -2.29. The number of aromatic nitrogens is 4. The van der Waals surface area contributed by atoms with E-state index in [1.165, 1.54) is 22.6 Å². The minimum absolute atomic E-state index is 0.00279. The summed E-state index contributed by atoms with van der Waals surface area (Å²) in [4.78, 5) is 70.8. The molecule has 2 saturated heterocycles. The number of carbonyl (C=O) groups excluding carboxylic acids is 4. The number of rotatable bonds is 19. The molecule has 0 spiro atoms. The number of ether oxygens (including phenoxy) is 2. The van der Waals surface area contributed by atoms with Crippen LogP contribution in [0.25, 0.3) is 33.3 Å². The van der Waals surface area contributed by atoms with Gasteiger partial charge >= 0.3 is 27.6 Å². The molecule has 22 heteroatoms. The van der Waals surface area contributed by atoms with E-state index < -0.39 is 45.0 Å². The van der Waals surface area contributed by atoms with E-state index in [4.69, 9.17) is 31.0 Å². The third-order valence-electron chi connectivity index (χ3n) is 13.9. The predicted octanol–water partition coefficient (Wildman–Crippen LogP) is 11.9. The first kappa shape index (κ1) is 59.5. The Morgan fingerprint density at radius 3 is 1.52 bits per heavy atom. The number of esters is 2. The van der Waals surface area contributed by atoms with Gasteiger partial charge in [0.15, 0.2) is 0 Å². The van der Waals surface area contributed by atoms with Crippen LogP contribution in [-0.2, 0) is 42.0 Å². The molecule has 0 aliphatic carbocycles. The Morgan fingerprint density at radius 2 is 1.05 bits per heavy atom. The zero-order valence-corrected chi connectivity index (χ0v) is 46.0. The first-order valence-electron chi connectivity index (χ1n) is 26.6. The lowest BCUT2D eigenvalue weighted by molar-refractivity contribution is -0.144. The van der Waals surface area contributed by atoms with Crippen LogP contribution >= 0.6 is 11.6 Å². The molecular weight excluding hydrogens is 1100 g/mol. The van der Waals surface area contributed by atoms with Gasteiger partial charge in [-0.25, -0.2) is 28.7 Å². The molecule has 2 amide bonds. The molecule has 2 atom stereocenters. The molecule has 0 bridgehead atoms. The molecule has 7 aromatic rings. The number of halogens is 6. The number of aryl methyl sites for hydroxylation is 2. The average molecular weight is 1160 g/mol. The summed E-state index contributed by atoms with van der Waals surface area (Å²) in [6.07, 6.45) is 4.12. The Morgan fingerprint density at radius 1 is 0.605 bits per heavy atom. The van der Waals surface area contributed by atoms with Crippen molar-refractivity contribution in [3.63, 3.8) is 0 Å². The fraction of sp³-hybridized carbons (Fsp3) is 0.356. The second kappa shape index (κ2) is 26.7. The minimum Gasteiger partial charge on any atom is -0.466 e. The summed E-state index contributed by atoms with van der Waals surface area (Å²) in [6, 6.07) is 31.7. The molecule has 9 rings (SSSR count). The number of likely N-dealkylation sites (tertiary alicyclic amines) is 2. The van der Waals surface area contributed by atoms with Gasteiger partial charge in [0.25, 0.3) is 17.7 Å². The van der Waals surface area contributed by atoms with Crippen molar-refractivity contribution in [2.45, 2.75) is 95.4 Å². The summed E-state index contributed by atoms with van der Waals surface area (Å²) in [6.45, 7) is 5.86. The van der Waals surface area contributed by atoms with Gasteiger partial charge in [-0.2, -0.15) is 21.6 Å². The van der Waals surface area contributed by atoms with Crippen LogP contribution in [0.5, 0.6) is 5.88 Å². The lowest BCUT2D eigenvalue weighted by atomic mass is 9.99. The third-order valence-corrected chi connectivity index (χ3v) is 15.1. The van der Waals surface area contributed by atoms with Crippen LogP contribution in [-0.4, -0.2) is 107 Å². The van der Waals surface area contributed by atoms with Crippen LogP contribution in [0.2, 0.25) is 5.02 Å². The number of alkyl halides is 3. The third kappa shape index (κ3) is 15.0. The van der Waals surface area contributed by atoms with Gasteiger partial charge in [0.2, 0.25) is 0 Å². The van der Waals surface area contributed by atoms with E-state index in [0.29, 0.717) is 92.3 Å². The van der Waals surface area contributed by atoms with Crippen molar-refractivity contribution in [2.75, 3.05) is 39.4 Å². The highest BCUT2D eigenvalue weighted by atomic mass is 35.5. The van der Waals surface area contributed by atoms with E-state index in [0.717, 1.165) is 29.7 Å². The smallest absolute Gasteiger partial charge is 0.466 e. The zero-order chi connectivity index (χ0) is 57.8. The van der Waals surface area contributed by atoms with Crippen LogP contribution in [0, 0.1) is 11.6 Å². The molecule has 2 aliphatic rings. The summed E-state index contributed by atoms with van der Waals surface area (Å²) in [5, 5.41) is 0.596. The van der Waals surface area contributed by atoms with Gasteiger partial charge in [-0.1, -0.05) is 84.4 Å². The number of benzene rings is 5. The quantitative estimate of drug-likeness (QED) is 0.0245. The molecule has 2 aliphatic heterocycles. The Balaban J connectivity index is 0.000000212. The molecule has 0 unspecified atom stereocenters. The van der Waals surface area contributed by atoms with Crippen LogP contribution < -0.4 is 4.18 Å². The SMILES string of the molecule is CCOC(=O)CCCCc1nc2cc(C(=O)N3CC[C@@H](c4ccccc4)C3)c(F)cc2nc1-c1ccc(Cl)cc1.CCOC(=O)CCCCc1nc2cc(C(=O)N3CC[C@@H](c4ccccc4)C3)c(F)cc2nc1OS(=O)(=O)C(F)(F)F. The number of unbranched alkanes of at least 4 members (excludes halogenated alkanes) is 2. The molecular formula is C59H58ClF5N6O9S.